The molecule has 0 radical (unpaired) electrons. The van der Waals surface area contributed by atoms with Crippen molar-refractivity contribution in [3.8, 4) is 11.5 Å². The summed E-state index contributed by atoms with van der Waals surface area (Å²) in [6.45, 7) is 5.39. The summed E-state index contributed by atoms with van der Waals surface area (Å²) in [5.41, 5.74) is 0.948. The third kappa shape index (κ3) is 7.53. The predicted molar refractivity (Wildman–Crippen MR) is 108 cm³/mol. The second-order valence-electron chi connectivity index (χ2n) is 6.05. The minimum atomic E-state index is -0.598. The van der Waals surface area contributed by atoms with Gasteiger partial charge in [-0.3, -0.25) is 9.59 Å². The molecule has 0 aliphatic carbocycles. The highest BCUT2D eigenvalue weighted by Crippen LogP contribution is 2.20. The molecule has 2 aromatic rings. The van der Waals surface area contributed by atoms with Crippen LogP contribution in [0, 0.1) is 0 Å². The number of amides is 2. The van der Waals surface area contributed by atoms with E-state index in [4.69, 9.17) is 14.2 Å². The van der Waals surface area contributed by atoms with Gasteiger partial charge in [-0.2, -0.15) is 0 Å². The zero-order chi connectivity index (χ0) is 21.2. The molecule has 0 unspecified atom stereocenters. The van der Waals surface area contributed by atoms with Gasteiger partial charge in [0.05, 0.1) is 12.2 Å². The quantitative estimate of drug-likeness (QED) is 0.495. The normalized spacial score (nSPS) is 10.0. The van der Waals surface area contributed by atoms with Crippen molar-refractivity contribution in [3.05, 3.63) is 48.0 Å². The highest BCUT2D eigenvalue weighted by molar-refractivity contribution is 5.97. The van der Waals surface area contributed by atoms with Crippen LogP contribution >= 0.6 is 0 Å². The van der Waals surface area contributed by atoms with Gasteiger partial charge in [0.1, 0.15) is 24.7 Å². The zero-order valence-electron chi connectivity index (χ0n) is 16.6. The standard InChI is InChI=1S/C21H24N2O6/c1-4-27-19-5-7-20(8-6-19)28-9-10-29-21(26)16-11-17(22-14(2)24)13-18(12-16)23-15(3)25/h5-8,11-13H,4,9-10H2,1-3H3,(H,22,24)(H,23,25). The number of rotatable bonds is 9. The fraction of sp³-hybridized carbons (Fsp3) is 0.286. The number of hydrogen-bond acceptors (Lipinski definition) is 6. The summed E-state index contributed by atoms with van der Waals surface area (Å²) in [7, 11) is 0. The molecule has 0 saturated carbocycles. The van der Waals surface area contributed by atoms with E-state index >= 15 is 0 Å². The van der Waals surface area contributed by atoms with E-state index in [1.807, 2.05) is 6.92 Å². The lowest BCUT2D eigenvalue weighted by Gasteiger charge is -2.11. The second kappa shape index (κ2) is 10.7. The first kappa shape index (κ1) is 21.7. The van der Waals surface area contributed by atoms with Crippen LogP contribution in [0.25, 0.3) is 0 Å². The minimum absolute atomic E-state index is 0.0336. The molecular formula is C21H24N2O6. The Labute approximate surface area is 169 Å². The number of anilines is 2. The number of ether oxygens (including phenoxy) is 3. The first-order valence-electron chi connectivity index (χ1n) is 9.10. The summed E-state index contributed by atoms with van der Waals surface area (Å²) < 4.78 is 16.1. The third-order valence-corrected chi connectivity index (χ3v) is 3.53. The van der Waals surface area contributed by atoms with Crippen molar-refractivity contribution >= 4 is 29.2 Å². The molecule has 0 aliphatic rings. The van der Waals surface area contributed by atoms with Crippen molar-refractivity contribution in [2.24, 2.45) is 0 Å². The summed E-state index contributed by atoms with van der Waals surface area (Å²) in [6, 6.07) is 11.6. The average Bonchev–Trinajstić information content (AvgIpc) is 2.65. The molecule has 0 spiro atoms. The van der Waals surface area contributed by atoms with Crippen LogP contribution in [0.5, 0.6) is 11.5 Å². The summed E-state index contributed by atoms with van der Waals surface area (Å²) in [5.74, 6) is 0.186. The molecule has 8 nitrogen and oxygen atoms in total. The van der Waals surface area contributed by atoms with E-state index in [0.717, 1.165) is 5.75 Å². The topological polar surface area (TPSA) is 103 Å². The molecule has 29 heavy (non-hydrogen) atoms. The van der Waals surface area contributed by atoms with E-state index in [0.29, 0.717) is 23.7 Å². The van der Waals surface area contributed by atoms with Crippen LogP contribution in [0.2, 0.25) is 0 Å². The van der Waals surface area contributed by atoms with Crippen molar-refractivity contribution in [3.63, 3.8) is 0 Å². The van der Waals surface area contributed by atoms with Gasteiger partial charge in [-0.25, -0.2) is 4.79 Å². The zero-order valence-corrected chi connectivity index (χ0v) is 16.6. The maximum absolute atomic E-state index is 12.3. The summed E-state index contributed by atoms with van der Waals surface area (Å²) >= 11 is 0. The summed E-state index contributed by atoms with van der Waals surface area (Å²) in [4.78, 5) is 34.9. The Balaban J connectivity index is 1.93. The molecule has 0 fully saturated rings. The van der Waals surface area contributed by atoms with Crippen molar-refractivity contribution in [2.45, 2.75) is 20.8 Å². The fourth-order valence-corrected chi connectivity index (χ4v) is 2.47. The first-order valence-corrected chi connectivity index (χ1v) is 9.10. The average molecular weight is 400 g/mol. The van der Waals surface area contributed by atoms with E-state index in [9.17, 15) is 14.4 Å². The Morgan fingerprint density at radius 2 is 1.31 bits per heavy atom. The van der Waals surface area contributed by atoms with Gasteiger partial charge >= 0.3 is 5.97 Å². The van der Waals surface area contributed by atoms with Crippen LogP contribution in [0.3, 0.4) is 0 Å². The smallest absolute Gasteiger partial charge is 0.338 e. The molecule has 0 bridgehead atoms. The highest BCUT2D eigenvalue weighted by Gasteiger charge is 2.12. The van der Waals surface area contributed by atoms with Crippen LogP contribution in [-0.2, 0) is 14.3 Å². The largest absolute Gasteiger partial charge is 0.494 e. The Hall–Kier alpha value is -3.55. The van der Waals surface area contributed by atoms with Gasteiger partial charge in [0.25, 0.3) is 0 Å². The van der Waals surface area contributed by atoms with Crippen molar-refractivity contribution in [2.75, 3.05) is 30.5 Å². The van der Waals surface area contributed by atoms with Gasteiger partial charge in [0.15, 0.2) is 0 Å². The predicted octanol–water partition coefficient (Wildman–Crippen LogP) is 3.24. The SMILES string of the molecule is CCOc1ccc(OCCOC(=O)c2cc(NC(C)=O)cc(NC(C)=O)c2)cc1. The van der Waals surface area contributed by atoms with E-state index in [1.165, 1.54) is 26.0 Å². The number of esters is 1. The van der Waals surface area contributed by atoms with Gasteiger partial charge in [-0.1, -0.05) is 0 Å². The van der Waals surface area contributed by atoms with Gasteiger partial charge < -0.3 is 24.8 Å². The van der Waals surface area contributed by atoms with E-state index in [1.54, 1.807) is 30.3 Å². The Kier molecular flexibility index (Phi) is 8.02. The van der Waals surface area contributed by atoms with Crippen LogP contribution in [0.4, 0.5) is 11.4 Å². The van der Waals surface area contributed by atoms with Gasteiger partial charge in [-0.15, -0.1) is 0 Å². The number of hydrogen-bond donors (Lipinski definition) is 2. The Morgan fingerprint density at radius 3 is 1.79 bits per heavy atom. The molecule has 2 rings (SSSR count). The van der Waals surface area contributed by atoms with E-state index in [2.05, 4.69) is 10.6 Å². The molecular weight excluding hydrogens is 376 g/mol. The molecule has 0 atom stereocenters. The monoisotopic (exact) mass is 400 g/mol. The summed E-state index contributed by atoms with van der Waals surface area (Å²) in [5, 5.41) is 5.17. The van der Waals surface area contributed by atoms with Crippen LogP contribution in [-0.4, -0.2) is 37.6 Å². The van der Waals surface area contributed by atoms with Gasteiger partial charge in [-0.05, 0) is 49.4 Å². The number of nitrogens with one attached hydrogen (secondary N) is 2. The lowest BCUT2D eigenvalue weighted by atomic mass is 10.1. The lowest BCUT2D eigenvalue weighted by Crippen LogP contribution is -2.14. The fourth-order valence-electron chi connectivity index (χ4n) is 2.47. The molecule has 2 N–H and O–H groups in total. The molecule has 0 aromatic heterocycles. The van der Waals surface area contributed by atoms with Crippen LogP contribution in [0.1, 0.15) is 31.1 Å². The van der Waals surface area contributed by atoms with Crippen molar-refractivity contribution < 1.29 is 28.6 Å². The molecule has 0 aliphatic heterocycles. The molecule has 0 saturated heterocycles. The van der Waals surface area contributed by atoms with E-state index in [-0.39, 0.29) is 30.6 Å². The second-order valence-corrected chi connectivity index (χ2v) is 6.05. The Bertz CT molecular complexity index is 830. The molecule has 154 valence electrons. The highest BCUT2D eigenvalue weighted by atomic mass is 16.6. The van der Waals surface area contributed by atoms with Crippen molar-refractivity contribution in [1.29, 1.82) is 0 Å². The third-order valence-electron chi connectivity index (χ3n) is 3.53. The van der Waals surface area contributed by atoms with Crippen LogP contribution < -0.4 is 20.1 Å². The number of benzene rings is 2. The minimum Gasteiger partial charge on any atom is -0.494 e. The molecule has 2 amide bonds. The number of carbonyl (C=O) groups is 3. The molecule has 8 heteroatoms. The molecule has 0 heterocycles. The van der Waals surface area contributed by atoms with Crippen LogP contribution in [0.15, 0.2) is 42.5 Å². The van der Waals surface area contributed by atoms with Crippen molar-refractivity contribution in [1.82, 2.24) is 0 Å². The Morgan fingerprint density at radius 1 is 0.793 bits per heavy atom. The maximum Gasteiger partial charge on any atom is 0.338 e. The lowest BCUT2D eigenvalue weighted by molar-refractivity contribution is -0.115. The first-order chi connectivity index (χ1) is 13.9. The number of carbonyl (C=O) groups excluding carboxylic acids is 3. The molecule has 2 aromatic carbocycles. The summed E-state index contributed by atoms with van der Waals surface area (Å²) in [6.07, 6.45) is 0. The van der Waals surface area contributed by atoms with E-state index < -0.39 is 5.97 Å². The maximum atomic E-state index is 12.3. The van der Waals surface area contributed by atoms with Gasteiger partial charge in [0.2, 0.25) is 11.8 Å². The van der Waals surface area contributed by atoms with Gasteiger partial charge in [0, 0.05) is 25.2 Å².